The molecule has 1 aromatic carbocycles. The van der Waals surface area contributed by atoms with E-state index in [9.17, 15) is 17.6 Å². The third-order valence-electron chi connectivity index (χ3n) is 4.01. The molecule has 118 valence electrons. The van der Waals surface area contributed by atoms with Crippen LogP contribution in [0, 0.1) is 11.7 Å². The fourth-order valence-electron chi connectivity index (χ4n) is 2.73. The van der Waals surface area contributed by atoms with Gasteiger partial charge in [0.25, 0.3) is 0 Å². The van der Waals surface area contributed by atoms with E-state index < -0.39 is 17.9 Å². The maximum absolute atomic E-state index is 14.1. The number of aromatic nitrogens is 2. The monoisotopic (exact) mass is 313 g/mol. The molecule has 22 heavy (non-hydrogen) atoms. The van der Waals surface area contributed by atoms with Gasteiger partial charge in [0.05, 0.1) is 11.6 Å². The molecule has 0 amide bonds. The standard InChI is InChI=1S/C15H15F4N3/c16-12-5-9(7-20)1-2-11(12)13-8-22-4-3-10(15(17,18)19)6-14(22)21-13/h1-2,5,8,10H,3-4,6-7,20H2. The Morgan fingerprint density at radius 1 is 1.32 bits per heavy atom. The van der Waals surface area contributed by atoms with Crippen LogP contribution >= 0.6 is 0 Å². The number of hydrogen-bond donors (Lipinski definition) is 1. The zero-order valence-corrected chi connectivity index (χ0v) is 11.7. The molecule has 1 atom stereocenters. The summed E-state index contributed by atoms with van der Waals surface area (Å²) in [6.45, 7) is 0.471. The molecule has 0 spiro atoms. The van der Waals surface area contributed by atoms with Crippen LogP contribution in [0.4, 0.5) is 17.6 Å². The van der Waals surface area contributed by atoms with Gasteiger partial charge in [-0.05, 0) is 24.1 Å². The first-order chi connectivity index (χ1) is 10.4. The molecule has 0 aliphatic carbocycles. The summed E-state index contributed by atoms with van der Waals surface area (Å²) in [7, 11) is 0. The predicted molar refractivity (Wildman–Crippen MR) is 73.4 cm³/mol. The van der Waals surface area contributed by atoms with E-state index in [0.29, 0.717) is 17.1 Å². The molecule has 0 fully saturated rings. The highest BCUT2D eigenvalue weighted by Gasteiger charge is 2.41. The lowest BCUT2D eigenvalue weighted by atomic mass is 9.97. The number of benzene rings is 1. The number of rotatable bonds is 2. The first kappa shape index (κ1) is 15.0. The number of aryl methyl sites for hydroxylation is 1. The molecule has 3 rings (SSSR count). The topological polar surface area (TPSA) is 43.8 Å². The number of fused-ring (bicyclic) bond motifs is 1. The first-order valence-corrected chi connectivity index (χ1v) is 7.00. The molecule has 1 aliphatic rings. The molecule has 0 radical (unpaired) electrons. The van der Waals surface area contributed by atoms with Crippen molar-refractivity contribution in [2.45, 2.75) is 32.1 Å². The van der Waals surface area contributed by atoms with Crippen LogP contribution in [-0.2, 0) is 19.5 Å². The summed E-state index contributed by atoms with van der Waals surface area (Å²) in [6, 6.07) is 4.58. The molecule has 2 heterocycles. The highest BCUT2D eigenvalue weighted by atomic mass is 19.4. The number of halogens is 4. The van der Waals surface area contributed by atoms with Crippen LogP contribution in [-0.4, -0.2) is 15.7 Å². The van der Waals surface area contributed by atoms with Gasteiger partial charge in [0.15, 0.2) is 0 Å². The SMILES string of the molecule is NCc1ccc(-c2cn3c(n2)CC(C(F)(F)F)CC3)c(F)c1. The molecule has 0 saturated carbocycles. The van der Waals surface area contributed by atoms with Gasteiger partial charge < -0.3 is 10.3 Å². The van der Waals surface area contributed by atoms with Crippen LogP contribution in [0.15, 0.2) is 24.4 Å². The molecule has 1 unspecified atom stereocenters. The lowest BCUT2D eigenvalue weighted by Gasteiger charge is -2.25. The molecular formula is C15H15F4N3. The fourth-order valence-corrected chi connectivity index (χ4v) is 2.73. The van der Waals surface area contributed by atoms with Gasteiger partial charge >= 0.3 is 6.18 Å². The molecule has 2 N–H and O–H groups in total. The quantitative estimate of drug-likeness (QED) is 0.865. The summed E-state index contributed by atoms with van der Waals surface area (Å²) in [5.41, 5.74) is 6.75. The Bertz CT molecular complexity index is 691. The normalized spacial score (nSPS) is 18.3. The van der Waals surface area contributed by atoms with Crippen molar-refractivity contribution in [1.29, 1.82) is 0 Å². The van der Waals surface area contributed by atoms with Crippen molar-refractivity contribution in [3.8, 4) is 11.3 Å². The van der Waals surface area contributed by atoms with E-state index in [1.807, 2.05) is 0 Å². The van der Waals surface area contributed by atoms with Crippen molar-refractivity contribution < 1.29 is 17.6 Å². The molecule has 7 heteroatoms. The number of alkyl halides is 3. The Kier molecular flexibility index (Phi) is 3.68. The van der Waals surface area contributed by atoms with E-state index >= 15 is 0 Å². The van der Waals surface area contributed by atoms with Gasteiger partial charge in [-0.25, -0.2) is 9.37 Å². The highest BCUT2D eigenvalue weighted by molar-refractivity contribution is 5.60. The van der Waals surface area contributed by atoms with Gasteiger partial charge in [-0.2, -0.15) is 13.2 Å². The third kappa shape index (κ3) is 2.72. The van der Waals surface area contributed by atoms with Crippen molar-refractivity contribution in [2.24, 2.45) is 11.7 Å². The average molecular weight is 313 g/mol. The van der Waals surface area contributed by atoms with Crippen LogP contribution in [0.5, 0.6) is 0 Å². The lowest BCUT2D eigenvalue weighted by Crippen LogP contribution is -2.31. The number of imidazole rings is 1. The Labute approximate surface area is 124 Å². The average Bonchev–Trinajstić information content (AvgIpc) is 2.88. The second-order valence-electron chi connectivity index (χ2n) is 5.49. The minimum atomic E-state index is -4.22. The summed E-state index contributed by atoms with van der Waals surface area (Å²) >= 11 is 0. The number of nitrogens with zero attached hydrogens (tertiary/aromatic N) is 2. The zero-order chi connectivity index (χ0) is 15.9. The van der Waals surface area contributed by atoms with E-state index in [4.69, 9.17) is 5.73 Å². The van der Waals surface area contributed by atoms with E-state index in [1.54, 1.807) is 22.9 Å². The van der Waals surface area contributed by atoms with Crippen LogP contribution in [0.1, 0.15) is 17.8 Å². The maximum atomic E-state index is 14.1. The van der Waals surface area contributed by atoms with Gasteiger partial charge in [-0.1, -0.05) is 6.07 Å². The summed E-state index contributed by atoms with van der Waals surface area (Å²) in [5.74, 6) is -1.49. The number of nitrogens with two attached hydrogens (primary N) is 1. The van der Waals surface area contributed by atoms with E-state index in [2.05, 4.69) is 4.98 Å². The van der Waals surface area contributed by atoms with Crippen molar-refractivity contribution in [1.82, 2.24) is 9.55 Å². The van der Waals surface area contributed by atoms with E-state index in [1.165, 1.54) is 6.07 Å². The molecule has 1 aliphatic heterocycles. The minimum absolute atomic E-state index is 0.0287. The molecular weight excluding hydrogens is 298 g/mol. The second-order valence-corrected chi connectivity index (χ2v) is 5.49. The van der Waals surface area contributed by atoms with Gasteiger partial charge in [0, 0.05) is 31.3 Å². The Morgan fingerprint density at radius 2 is 2.09 bits per heavy atom. The lowest BCUT2D eigenvalue weighted by molar-refractivity contribution is -0.179. The van der Waals surface area contributed by atoms with Gasteiger partial charge in [0.1, 0.15) is 11.6 Å². The van der Waals surface area contributed by atoms with Gasteiger partial charge in [-0.3, -0.25) is 0 Å². The summed E-state index contributed by atoms with van der Waals surface area (Å²) < 4.78 is 54.2. The fraction of sp³-hybridized carbons (Fsp3) is 0.400. The third-order valence-corrected chi connectivity index (χ3v) is 4.01. The molecule has 0 saturated heterocycles. The van der Waals surface area contributed by atoms with Crippen molar-refractivity contribution in [2.75, 3.05) is 0 Å². The molecule has 2 aromatic rings. The highest BCUT2D eigenvalue weighted by Crippen LogP contribution is 2.35. The Morgan fingerprint density at radius 3 is 2.73 bits per heavy atom. The van der Waals surface area contributed by atoms with E-state index in [0.717, 1.165) is 0 Å². The largest absolute Gasteiger partial charge is 0.392 e. The minimum Gasteiger partial charge on any atom is -0.334 e. The Hall–Kier alpha value is -1.89. The Balaban J connectivity index is 1.91. The molecule has 0 bridgehead atoms. The van der Waals surface area contributed by atoms with E-state index in [-0.39, 0.29) is 31.5 Å². The zero-order valence-electron chi connectivity index (χ0n) is 11.7. The van der Waals surface area contributed by atoms with Crippen LogP contribution in [0.3, 0.4) is 0 Å². The smallest absolute Gasteiger partial charge is 0.334 e. The summed E-state index contributed by atoms with van der Waals surface area (Å²) in [5, 5.41) is 0. The predicted octanol–water partition coefficient (Wildman–Crippen LogP) is 3.27. The maximum Gasteiger partial charge on any atom is 0.392 e. The summed E-state index contributed by atoms with van der Waals surface area (Å²) in [6.07, 6.45) is -2.74. The number of hydrogen-bond acceptors (Lipinski definition) is 2. The van der Waals surface area contributed by atoms with Gasteiger partial charge in [-0.15, -0.1) is 0 Å². The van der Waals surface area contributed by atoms with Crippen molar-refractivity contribution in [3.05, 3.63) is 41.6 Å². The molecule has 3 nitrogen and oxygen atoms in total. The summed E-state index contributed by atoms with van der Waals surface area (Å²) in [4.78, 5) is 4.19. The van der Waals surface area contributed by atoms with Gasteiger partial charge in [0.2, 0.25) is 0 Å². The van der Waals surface area contributed by atoms with Crippen molar-refractivity contribution >= 4 is 0 Å². The molecule has 1 aromatic heterocycles. The van der Waals surface area contributed by atoms with Crippen LogP contribution in [0.2, 0.25) is 0 Å². The van der Waals surface area contributed by atoms with Crippen LogP contribution < -0.4 is 5.73 Å². The second kappa shape index (κ2) is 5.39. The first-order valence-electron chi connectivity index (χ1n) is 7.00. The van der Waals surface area contributed by atoms with Crippen LogP contribution in [0.25, 0.3) is 11.3 Å². The van der Waals surface area contributed by atoms with Crippen molar-refractivity contribution in [3.63, 3.8) is 0 Å².